The Kier molecular flexibility index (Phi) is 7.49. The number of amidine groups is 1. The van der Waals surface area contributed by atoms with Gasteiger partial charge in [0.2, 0.25) is 5.75 Å². The Morgan fingerprint density at radius 3 is 2.46 bits per heavy atom. The maximum Gasteiger partial charge on any atom is 0.323 e. The maximum atomic E-state index is 14.8. The SMILES string of the molecule is COc1cc(C/N=C2\NC(=O)N(CCCn3ccnc3)C2c2ccccc2F)cc(OC)c1OC. The molecule has 10 heteroatoms. The second-order valence-electron chi connectivity index (χ2n) is 7.94. The van der Waals surface area contributed by atoms with Crippen molar-refractivity contribution < 1.29 is 23.4 Å². The maximum absolute atomic E-state index is 14.8. The molecule has 1 aliphatic heterocycles. The van der Waals surface area contributed by atoms with Gasteiger partial charge in [-0.05, 0) is 30.2 Å². The minimum Gasteiger partial charge on any atom is -0.493 e. The van der Waals surface area contributed by atoms with Crippen molar-refractivity contribution in [2.75, 3.05) is 27.9 Å². The minimum atomic E-state index is -0.659. The Bertz CT molecular complexity index is 1170. The summed E-state index contributed by atoms with van der Waals surface area (Å²) in [6.45, 7) is 1.33. The Labute approximate surface area is 203 Å². The number of halogens is 1. The van der Waals surface area contributed by atoms with E-state index in [0.717, 1.165) is 5.56 Å². The van der Waals surface area contributed by atoms with Gasteiger partial charge in [-0.1, -0.05) is 18.2 Å². The highest BCUT2D eigenvalue weighted by molar-refractivity contribution is 6.07. The zero-order chi connectivity index (χ0) is 24.8. The van der Waals surface area contributed by atoms with Gasteiger partial charge in [0.25, 0.3) is 0 Å². The molecule has 1 fully saturated rings. The molecule has 1 atom stereocenters. The number of urea groups is 1. The topological polar surface area (TPSA) is 90.2 Å². The van der Waals surface area contributed by atoms with Crippen LogP contribution in [0.1, 0.15) is 23.6 Å². The van der Waals surface area contributed by atoms with Crippen molar-refractivity contribution in [2.24, 2.45) is 4.99 Å². The van der Waals surface area contributed by atoms with Crippen molar-refractivity contribution in [3.05, 3.63) is 72.1 Å². The third kappa shape index (κ3) is 5.21. The molecular formula is C25H28FN5O4. The molecule has 184 valence electrons. The van der Waals surface area contributed by atoms with E-state index in [1.54, 1.807) is 62.0 Å². The summed E-state index contributed by atoms with van der Waals surface area (Å²) in [5.41, 5.74) is 1.17. The van der Waals surface area contributed by atoms with E-state index < -0.39 is 11.9 Å². The largest absolute Gasteiger partial charge is 0.493 e. The predicted octanol–water partition coefficient (Wildman–Crippen LogP) is 3.80. The number of aliphatic imine (C=N–C) groups is 1. The second kappa shape index (κ2) is 10.9. The van der Waals surface area contributed by atoms with E-state index >= 15 is 0 Å². The number of amides is 2. The van der Waals surface area contributed by atoms with E-state index in [1.807, 2.05) is 10.8 Å². The van der Waals surface area contributed by atoms with Gasteiger partial charge in [-0.2, -0.15) is 0 Å². The average Bonchev–Trinajstić information content (AvgIpc) is 3.50. The first-order chi connectivity index (χ1) is 17.0. The number of methoxy groups -OCH3 is 3. The number of ether oxygens (including phenoxy) is 3. The molecule has 0 spiro atoms. The quantitative estimate of drug-likeness (QED) is 0.476. The van der Waals surface area contributed by atoms with Crippen LogP contribution in [0.4, 0.5) is 9.18 Å². The molecule has 2 amide bonds. The molecule has 1 N–H and O–H groups in total. The van der Waals surface area contributed by atoms with Gasteiger partial charge < -0.3 is 23.7 Å². The first-order valence-corrected chi connectivity index (χ1v) is 11.2. The summed E-state index contributed by atoms with van der Waals surface area (Å²) < 4.78 is 33.0. The van der Waals surface area contributed by atoms with E-state index in [2.05, 4.69) is 15.3 Å². The zero-order valence-corrected chi connectivity index (χ0v) is 19.9. The summed E-state index contributed by atoms with van der Waals surface area (Å²) in [5, 5.41) is 2.84. The molecule has 35 heavy (non-hydrogen) atoms. The second-order valence-corrected chi connectivity index (χ2v) is 7.94. The Morgan fingerprint density at radius 1 is 1.09 bits per heavy atom. The first-order valence-electron chi connectivity index (χ1n) is 11.2. The summed E-state index contributed by atoms with van der Waals surface area (Å²) in [7, 11) is 4.62. The van der Waals surface area contributed by atoms with Crippen LogP contribution in [-0.4, -0.2) is 54.2 Å². The van der Waals surface area contributed by atoms with Crippen molar-refractivity contribution >= 4 is 11.9 Å². The molecule has 3 aromatic rings. The molecular weight excluding hydrogens is 453 g/mol. The summed E-state index contributed by atoms with van der Waals surface area (Å²) in [4.78, 5) is 23.2. The van der Waals surface area contributed by atoms with Crippen LogP contribution in [0.25, 0.3) is 0 Å². The number of aromatic nitrogens is 2. The van der Waals surface area contributed by atoms with Crippen LogP contribution in [0.5, 0.6) is 17.2 Å². The number of benzene rings is 2. The molecule has 0 bridgehead atoms. The van der Waals surface area contributed by atoms with Crippen LogP contribution < -0.4 is 19.5 Å². The van der Waals surface area contributed by atoms with E-state index in [0.29, 0.717) is 48.2 Å². The molecule has 2 aromatic carbocycles. The van der Waals surface area contributed by atoms with Gasteiger partial charge in [-0.3, -0.25) is 10.3 Å². The fourth-order valence-electron chi connectivity index (χ4n) is 4.13. The van der Waals surface area contributed by atoms with Gasteiger partial charge in [-0.15, -0.1) is 0 Å². The standard InChI is InChI=1S/C25H28FN5O4/c1-33-20-13-17(14-21(34-2)23(20)35-3)15-28-24-22(18-7-4-5-8-19(18)26)31(25(32)29-24)11-6-10-30-12-9-27-16-30/h4-5,7-9,12-14,16,22H,6,10-11,15H2,1-3H3,(H,28,29,32). The summed E-state index contributed by atoms with van der Waals surface area (Å²) in [6, 6.07) is 9.06. The predicted molar refractivity (Wildman–Crippen MR) is 128 cm³/mol. The lowest BCUT2D eigenvalue weighted by Gasteiger charge is -2.23. The molecule has 1 aromatic heterocycles. The number of nitrogens with zero attached hydrogens (tertiary/aromatic N) is 4. The van der Waals surface area contributed by atoms with E-state index in [9.17, 15) is 9.18 Å². The van der Waals surface area contributed by atoms with E-state index in [4.69, 9.17) is 14.2 Å². The molecule has 0 saturated carbocycles. The lowest BCUT2D eigenvalue weighted by molar-refractivity contribution is 0.203. The molecule has 1 aliphatic rings. The number of rotatable bonds is 10. The molecule has 2 heterocycles. The van der Waals surface area contributed by atoms with Crippen molar-refractivity contribution in [3.63, 3.8) is 0 Å². The van der Waals surface area contributed by atoms with Crippen molar-refractivity contribution in [2.45, 2.75) is 25.6 Å². The summed E-state index contributed by atoms with van der Waals surface area (Å²) in [5.74, 6) is 1.48. The summed E-state index contributed by atoms with van der Waals surface area (Å²) >= 11 is 0. The summed E-state index contributed by atoms with van der Waals surface area (Å²) in [6.07, 6.45) is 5.97. The van der Waals surface area contributed by atoms with Crippen LogP contribution in [0.15, 0.2) is 60.1 Å². The lowest BCUT2D eigenvalue weighted by Crippen LogP contribution is -2.31. The first kappa shape index (κ1) is 24.1. The normalized spacial score (nSPS) is 16.5. The zero-order valence-electron chi connectivity index (χ0n) is 19.9. The monoisotopic (exact) mass is 481 g/mol. The van der Waals surface area contributed by atoms with Gasteiger partial charge in [-0.25, -0.2) is 14.2 Å². The number of hydrogen-bond donors (Lipinski definition) is 1. The Hall–Kier alpha value is -4.08. The van der Waals surface area contributed by atoms with Crippen LogP contribution in [0, 0.1) is 5.82 Å². The van der Waals surface area contributed by atoms with Crippen molar-refractivity contribution in [3.8, 4) is 17.2 Å². The number of carbonyl (C=O) groups is 1. The van der Waals surface area contributed by atoms with Crippen LogP contribution in [0.2, 0.25) is 0 Å². The van der Waals surface area contributed by atoms with Crippen LogP contribution in [0.3, 0.4) is 0 Å². The number of hydrogen-bond acceptors (Lipinski definition) is 6. The molecule has 0 radical (unpaired) electrons. The van der Waals surface area contributed by atoms with E-state index in [-0.39, 0.29) is 12.6 Å². The Morgan fingerprint density at radius 2 is 1.83 bits per heavy atom. The smallest absolute Gasteiger partial charge is 0.323 e. The van der Waals surface area contributed by atoms with Crippen LogP contribution in [-0.2, 0) is 13.1 Å². The molecule has 9 nitrogen and oxygen atoms in total. The third-order valence-electron chi connectivity index (χ3n) is 5.80. The highest BCUT2D eigenvalue weighted by Crippen LogP contribution is 2.38. The lowest BCUT2D eigenvalue weighted by atomic mass is 10.0. The molecule has 0 aliphatic carbocycles. The highest BCUT2D eigenvalue weighted by atomic mass is 19.1. The van der Waals surface area contributed by atoms with Gasteiger partial charge in [0.15, 0.2) is 11.5 Å². The van der Waals surface area contributed by atoms with Gasteiger partial charge >= 0.3 is 6.03 Å². The molecule has 1 unspecified atom stereocenters. The number of aryl methyl sites for hydroxylation is 1. The average molecular weight is 482 g/mol. The molecule has 1 saturated heterocycles. The van der Waals surface area contributed by atoms with Gasteiger partial charge in [0.1, 0.15) is 17.7 Å². The molecule has 4 rings (SSSR count). The minimum absolute atomic E-state index is 0.222. The van der Waals surface area contributed by atoms with Crippen LogP contribution >= 0.6 is 0 Å². The fourth-order valence-corrected chi connectivity index (χ4v) is 4.13. The fraction of sp³-hybridized carbons (Fsp3) is 0.320. The number of carbonyl (C=O) groups excluding carboxylic acids is 1. The van der Waals surface area contributed by atoms with Gasteiger partial charge in [0.05, 0.1) is 34.2 Å². The number of imidazole rings is 1. The third-order valence-corrected chi connectivity index (χ3v) is 5.80. The Balaban J connectivity index is 1.61. The van der Waals surface area contributed by atoms with E-state index in [1.165, 1.54) is 13.2 Å². The van der Waals surface area contributed by atoms with Gasteiger partial charge in [0, 0.05) is 31.0 Å². The van der Waals surface area contributed by atoms with Crippen molar-refractivity contribution in [1.82, 2.24) is 19.8 Å². The van der Waals surface area contributed by atoms with Crippen molar-refractivity contribution in [1.29, 1.82) is 0 Å². The highest BCUT2D eigenvalue weighted by Gasteiger charge is 2.38. The number of nitrogens with one attached hydrogen (secondary N) is 1.